The predicted molar refractivity (Wildman–Crippen MR) is 67.9 cm³/mol. The first kappa shape index (κ1) is 15.6. The minimum atomic E-state index is -3.80. The van der Waals surface area contributed by atoms with E-state index in [4.69, 9.17) is 9.63 Å². The number of aromatic nitrogens is 1. The molecule has 0 unspecified atom stereocenters. The molecule has 108 valence electrons. The van der Waals surface area contributed by atoms with Gasteiger partial charge in [0.15, 0.2) is 0 Å². The molecule has 0 aliphatic heterocycles. The van der Waals surface area contributed by atoms with Gasteiger partial charge in [0.25, 0.3) is 0 Å². The fourth-order valence-corrected chi connectivity index (χ4v) is 2.92. The summed E-state index contributed by atoms with van der Waals surface area (Å²) in [7, 11) is -3.80. The first-order valence-electron chi connectivity index (χ1n) is 5.66. The van der Waals surface area contributed by atoms with Crippen LogP contribution in [0, 0.1) is 12.3 Å². The number of carboxylic acid groups (broad SMARTS) is 1. The second-order valence-electron chi connectivity index (χ2n) is 5.44. The van der Waals surface area contributed by atoms with E-state index in [2.05, 4.69) is 9.88 Å². The van der Waals surface area contributed by atoms with E-state index in [1.165, 1.54) is 6.07 Å². The molecule has 0 bridgehead atoms. The number of carbonyl (C=O) groups is 1. The molecule has 1 heterocycles. The molecule has 2 N–H and O–H groups in total. The van der Waals surface area contributed by atoms with Crippen LogP contribution in [-0.4, -0.2) is 30.7 Å². The number of aliphatic carboxylic acids is 1. The molecule has 0 saturated carbocycles. The van der Waals surface area contributed by atoms with Crippen LogP contribution >= 0.6 is 0 Å². The van der Waals surface area contributed by atoms with Gasteiger partial charge in [0.1, 0.15) is 23.2 Å². The Morgan fingerprint density at radius 3 is 2.47 bits per heavy atom. The van der Waals surface area contributed by atoms with Gasteiger partial charge >= 0.3 is 5.97 Å². The van der Waals surface area contributed by atoms with Gasteiger partial charge in [-0.05, 0) is 12.3 Å². The molecule has 1 aromatic heterocycles. The third kappa shape index (κ3) is 4.64. The minimum absolute atomic E-state index is 0.239. The zero-order valence-electron chi connectivity index (χ0n) is 11.3. The lowest BCUT2D eigenvalue weighted by molar-refractivity contribution is -0.141. The Balaban J connectivity index is 2.86. The Labute approximate surface area is 112 Å². The van der Waals surface area contributed by atoms with Gasteiger partial charge in [-0.25, -0.2) is 13.1 Å². The van der Waals surface area contributed by atoms with Crippen LogP contribution in [0.15, 0.2) is 10.6 Å². The number of sulfonamides is 1. The molecule has 0 spiro atoms. The second-order valence-corrected chi connectivity index (χ2v) is 7.20. The van der Waals surface area contributed by atoms with E-state index in [0.29, 0.717) is 5.76 Å². The molecule has 1 rings (SSSR count). The average Bonchev–Trinajstić information content (AvgIpc) is 2.57. The quantitative estimate of drug-likeness (QED) is 0.833. The molecular weight excluding hydrogens is 272 g/mol. The minimum Gasteiger partial charge on any atom is -0.480 e. The molecule has 0 aliphatic rings. The highest BCUT2D eigenvalue weighted by molar-refractivity contribution is 7.88. The van der Waals surface area contributed by atoms with Gasteiger partial charge in [-0.3, -0.25) is 4.79 Å². The number of nitrogens with zero attached hydrogens (tertiary/aromatic N) is 1. The largest absolute Gasteiger partial charge is 0.480 e. The first-order chi connectivity index (χ1) is 8.51. The highest BCUT2D eigenvalue weighted by Crippen LogP contribution is 2.20. The maximum Gasteiger partial charge on any atom is 0.322 e. The zero-order valence-corrected chi connectivity index (χ0v) is 12.1. The Hall–Kier alpha value is -1.41. The zero-order chi connectivity index (χ0) is 14.8. The fourth-order valence-electron chi connectivity index (χ4n) is 1.50. The van der Waals surface area contributed by atoms with Gasteiger partial charge in [-0.2, -0.15) is 0 Å². The van der Waals surface area contributed by atoms with Crippen molar-refractivity contribution >= 4 is 16.0 Å². The summed E-state index contributed by atoms with van der Waals surface area (Å²) < 4.78 is 30.8. The van der Waals surface area contributed by atoms with Crippen molar-refractivity contribution in [2.75, 3.05) is 0 Å². The molecule has 0 aliphatic carbocycles. The first-order valence-corrected chi connectivity index (χ1v) is 7.31. The van der Waals surface area contributed by atoms with E-state index < -0.39 is 33.2 Å². The lowest BCUT2D eigenvalue weighted by Crippen LogP contribution is -2.49. The lowest BCUT2D eigenvalue weighted by atomic mass is 9.88. The van der Waals surface area contributed by atoms with E-state index in [1.807, 2.05) is 0 Å². The van der Waals surface area contributed by atoms with Crippen LogP contribution in [0.25, 0.3) is 0 Å². The summed E-state index contributed by atoms with van der Waals surface area (Å²) >= 11 is 0. The summed E-state index contributed by atoms with van der Waals surface area (Å²) in [6.45, 7) is 6.59. The molecule has 7 nitrogen and oxygen atoms in total. The van der Waals surface area contributed by atoms with Crippen LogP contribution in [0.4, 0.5) is 0 Å². The van der Waals surface area contributed by atoms with Crippen molar-refractivity contribution in [3.63, 3.8) is 0 Å². The molecular formula is C11H18N2O5S. The molecule has 1 aromatic rings. The van der Waals surface area contributed by atoms with E-state index in [-0.39, 0.29) is 5.69 Å². The third-order valence-corrected chi connectivity index (χ3v) is 3.70. The van der Waals surface area contributed by atoms with E-state index in [9.17, 15) is 13.2 Å². The maximum absolute atomic E-state index is 11.9. The van der Waals surface area contributed by atoms with Gasteiger partial charge < -0.3 is 9.63 Å². The predicted octanol–water partition coefficient (Wildman–Crippen LogP) is 0.902. The summed E-state index contributed by atoms with van der Waals surface area (Å²) in [5.41, 5.74) is -0.499. The van der Waals surface area contributed by atoms with Crippen molar-refractivity contribution < 1.29 is 22.8 Å². The standard InChI is InChI=1S/C11H18N2O5S/c1-7-5-8(12-18-7)6-19(16,17)13-9(10(14)15)11(2,3)4/h5,9,13H,6H2,1-4H3,(H,14,15)/t9-/m0/s1. The highest BCUT2D eigenvalue weighted by atomic mass is 32.2. The van der Waals surface area contributed by atoms with Gasteiger partial charge in [-0.1, -0.05) is 25.9 Å². The molecule has 1 atom stereocenters. The van der Waals surface area contributed by atoms with Crippen molar-refractivity contribution in [2.45, 2.75) is 39.5 Å². The summed E-state index contributed by atoms with van der Waals surface area (Å²) in [6.07, 6.45) is 0. The number of hydrogen-bond donors (Lipinski definition) is 2. The van der Waals surface area contributed by atoms with Crippen molar-refractivity contribution in [1.29, 1.82) is 0 Å². The SMILES string of the molecule is Cc1cc(CS(=O)(=O)N[C@@H](C(=O)O)C(C)(C)C)no1. The average molecular weight is 290 g/mol. The Bertz CT molecular complexity index is 556. The van der Waals surface area contributed by atoms with Gasteiger partial charge in [-0.15, -0.1) is 0 Å². The number of nitrogens with one attached hydrogen (secondary N) is 1. The summed E-state index contributed by atoms with van der Waals surface area (Å²) in [5, 5.41) is 12.7. The van der Waals surface area contributed by atoms with Gasteiger partial charge in [0, 0.05) is 6.07 Å². The summed E-state index contributed by atoms with van der Waals surface area (Å²) in [6, 6.07) is 0.289. The van der Waals surface area contributed by atoms with E-state index in [1.54, 1.807) is 27.7 Å². The fraction of sp³-hybridized carbons (Fsp3) is 0.636. The number of rotatable bonds is 5. The number of carboxylic acids is 1. The molecule has 0 aromatic carbocycles. The number of hydrogen-bond acceptors (Lipinski definition) is 5. The molecule has 8 heteroatoms. The Morgan fingerprint density at radius 2 is 2.11 bits per heavy atom. The molecule has 0 amide bonds. The highest BCUT2D eigenvalue weighted by Gasteiger charge is 2.34. The van der Waals surface area contributed by atoms with Crippen LogP contribution in [0.3, 0.4) is 0 Å². The van der Waals surface area contributed by atoms with Crippen molar-refractivity contribution in [3.8, 4) is 0 Å². The molecule has 0 fully saturated rings. The Morgan fingerprint density at radius 1 is 1.53 bits per heavy atom. The van der Waals surface area contributed by atoms with Crippen molar-refractivity contribution in [1.82, 2.24) is 9.88 Å². The molecule has 19 heavy (non-hydrogen) atoms. The maximum atomic E-state index is 11.9. The summed E-state index contributed by atoms with van der Waals surface area (Å²) in [5.74, 6) is -1.13. The van der Waals surface area contributed by atoms with Gasteiger partial charge in [0.2, 0.25) is 10.0 Å². The second kappa shape index (κ2) is 5.30. The Kier molecular flexibility index (Phi) is 4.36. The van der Waals surface area contributed by atoms with E-state index in [0.717, 1.165) is 0 Å². The monoisotopic (exact) mass is 290 g/mol. The van der Waals surface area contributed by atoms with Crippen LogP contribution in [0.5, 0.6) is 0 Å². The van der Waals surface area contributed by atoms with Crippen LogP contribution in [-0.2, 0) is 20.6 Å². The van der Waals surface area contributed by atoms with Crippen molar-refractivity contribution in [2.24, 2.45) is 5.41 Å². The summed E-state index contributed by atoms with van der Waals surface area (Å²) in [4.78, 5) is 11.1. The van der Waals surface area contributed by atoms with E-state index >= 15 is 0 Å². The van der Waals surface area contributed by atoms with Crippen LogP contribution in [0.2, 0.25) is 0 Å². The van der Waals surface area contributed by atoms with Crippen LogP contribution < -0.4 is 4.72 Å². The normalized spacial score (nSPS) is 14.3. The molecule has 0 radical (unpaired) electrons. The third-order valence-electron chi connectivity index (χ3n) is 2.43. The smallest absolute Gasteiger partial charge is 0.322 e. The number of aryl methyl sites for hydroxylation is 1. The lowest BCUT2D eigenvalue weighted by Gasteiger charge is -2.27. The van der Waals surface area contributed by atoms with Crippen molar-refractivity contribution in [3.05, 3.63) is 17.5 Å². The topological polar surface area (TPSA) is 110 Å². The van der Waals surface area contributed by atoms with Crippen LogP contribution in [0.1, 0.15) is 32.2 Å². The molecule has 0 saturated heterocycles. The van der Waals surface area contributed by atoms with Gasteiger partial charge in [0.05, 0.1) is 0 Å².